The summed E-state index contributed by atoms with van der Waals surface area (Å²) < 4.78 is 3.49. The van der Waals surface area contributed by atoms with Crippen LogP contribution in [0, 0.1) is 0 Å². The minimum absolute atomic E-state index is 0.901. The molecule has 1 fully saturated rings. The first-order valence-electron chi connectivity index (χ1n) is 7.47. The first-order chi connectivity index (χ1) is 9.75. The van der Waals surface area contributed by atoms with Gasteiger partial charge in [-0.25, -0.2) is 0 Å². The third kappa shape index (κ3) is 3.27. The number of piperazine rings is 1. The lowest BCUT2D eigenvalue weighted by Gasteiger charge is -2.27. The molecule has 3 rings (SSSR count). The SMILES string of the molecule is CC.Cn1c(CN2CCNCC2)cc2c1NCC=C2Br. The van der Waals surface area contributed by atoms with Crippen LogP contribution in [0.1, 0.15) is 25.1 Å². The van der Waals surface area contributed by atoms with Gasteiger partial charge in [0.25, 0.3) is 0 Å². The summed E-state index contributed by atoms with van der Waals surface area (Å²) in [7, 11) is 2.15. The minimum atomic E-state index is 0.901. The molecule has 5 heteroatoms. The molecule has 2 aliphatic rings. The largest absolute Gasteiger partial charge is 0.367 e. The fourth-order valence-corrected chi connectivity index (χ4v) is 3.11. The number of hydrogen-bond donors (Lipinski definition) is 2. The van der Waals surface area contributed by atoms with Crippen LogP contribution in [0.25, 0.3) is 4.48 Å². The van der Waals surface area contributed by atoms with Crippen LogP contribution in [0.2, 0.25) is 0 Å². The summed E-state index contributed by atoms with van der Waals surface area (Å²) in [6.07, 6.45) is 2.18. The van der Waals surface area contributed by atoms with Gasteiger partial charge in [-0.1, -0.05) is 35.9 Å². The lowest BCUT2D eigenvalue weighted by atomic mass is 10.2. The summed E-state index contributed by atoms with van der Waals surface area (Å²) in [4.78, 5) is 2.51. The van der Waals surface area contributed by atoms with Gasteiger partial charge in [-0.05, 0) is 6.07 Å². The van der Waals surface area contributed by atoms with Crippen LogP contribution in [0.5, 0.6) is 0 Å². The lowest BCUT2D eigenvalue weighted by molar-refractivity contribution is 0.229. The third-order valence-corrected chi connectivity index (χ3v) is 4.49. The van der Waals surface area contributed by atoms with Crippen molar-refractivity contribution < 1.29 is 0 Å². The molecule has 0 aliphatic carbocycles. The van der Waals surface area contributed by atoms with Crippen molar-refractivity contribution in [3.05, 3.63) is 23.4 Å². The van der Waals surface area contributed by atoms with E-state index in [0.717, 1.165) is 39.3 Å². The lowest BCUT2D eigenvalue weighted by Crippen LogP contribution is -2.43. The molecular formula is C15H25BrN4. The molecule has 2 N–H and O–H groups in total. The predicted molar refractivity (Wildman–Crippen MR) is 90.3 cm³/mol. The van der Waals surface area contributed by atoms with Gasteiger partial charge in [0.05, 0.1) is 0 Å². The average Bonchev–Trinajstić information content (AvgIpc) is 2.81. The maximum absolute atomic E-state index is 3.64. The molecule has 20 heavy (non-hydrogen) atoms. The van der Waals surface area contributed by atoms with Gasteiger partial charge in [-0.2, -0.15) is 0 Å². The Morgan fingerprint density at radius 1 is 1.25 bits per heavy atom. The number of nitrogens with zero attached hydrogens (tertiary/aromatic N) is 2. The number of halogens is 1. The predicted octanol–water partition coefficient (Wildman–Crippen LogP) is 2.62. The molecule has 4 nitrogen and oxygen atoms in total. The van der Waals surface area contributed by atoms with Crippen molar-refractivity contribution in [3.63, 3.8) is 0 Å². The maximum Gasteiger partial charge on any atom is 0.114 e. The molecule has 0 radical (unpaired) electrons. The number of fused-ring (bicyclic) bond motifs is 1. The first-order valence-corrected chi connectivity index (χ1v) is 8.26. The average molecular weight is 341 g/mol. The van der Waals surface area contributed by atoms with Crippen molar-refractivity contribution >= 4 is 26.2 Å². The molecule has 0 saturated carbocycles. The second kappa shape index (κ2) is 7.29. The van der Waals surface area contributed by atoms with Gasteiger partial charge in [-0.3, -0.25) is 4.90 Å². The van der Waals surface area contributed by atoms with Crippen LogP contribution in [0.4, 0.5) is 5.82 Å². The van der Waals surface area contributed by atoms with Crippen LogP contribution in [0.3, 0.4) is 0 Å². The van der Waals surface area contributed by atoms with Gasteiger partial charge in [-0.15, -0.1) is 0 Å². The number of nitrogens with one attached hydrogen (secondary N) is 2. The van der Waals surface area contributed by atoms with E-state index < -0.39 is 0 Å². The summed E-state index contributed by atoms with van der Waals surface area (Å²) >= 11 is 3.64. The standard InChI is InChI=1S/C13H19BrN4.C2H6/c1-17-10(9-18-6-4-15-5-7-18)8-11-12(14)2-3-16-13(11)17;1-2/h2,8,15-16H,3-7,9H2,1H3;1-2H3. The van der Waals surface area contributed by atoms with Crippen molar-refractivity contribution in [2.24, 2.45) is 7.05 Å². The molecule has 0 amide bonds. The van der Waals surface area contributed by atoms with Crippen LogP contribution in [-0.4, -0.2) is 42.2 Å². The smallest absolute Gasteiger partial charge is 0.114 e. The molecule has 0 unspecified atom stereocenters. The molecule has 1 aromatic heterocycles. The Labute approximate surface area is 130 Å². The van der Waals surface area contributed by atoms with E-state index >= 15 is 0 Å². The summed E-state index contributed by atoms with van der Waals surface area (Å²) in [6.45, 7) is 10.4. The second-order valence-electron chi connectivity index (χ2n) is 4.92. The van der Waals surface area contributed by atoms with Gasteiger partial charge in [0, 0.05) is 62.1 Å². The summed E-state index contributed by atoms with van der Waals surface area (Å²) in [6, 6.07) is 2.30. The molecule has 1 saturated heterocycles. The molecule has 3 heterocycles. The third-order valence-electron chi connectivity index (χ3n) is 3.74. The van der Waals surface area contributed by atoms with Crippen molar-refractivity contribution in [3.8, 4) is 0 Å². The van der Waals surface area contributed by atoms with E-state index in [1.54, 1.807) is 0 Å². The highest BCUT2D eigenvalue weighted by molar-refractivity contribution is 9.15. The van der Waals surface area contributed by atoms with Gasteiger partial charge in [0.1, 0.15) is 5.82 Å². The molecule has 0 atom stereocenters. The van der Waals surface area contributed by atoms with Gasteiger partial charge >= 0.3 is 0 Å². The fourth-order valence-electron chi connectivity index (χ4n) is 2.65. The molecule has 2 aliphatic heterocycles. The highest BCUT2D eigenvalue weighted by atomic mass is 79.9. The van der Waals surface area contributed by atoms with Crippen molar-refractivity contribution in [1.82, 2.24) is 14.8 Å². The first kappa shape index (κ1) is 15.6. The van der Waals surface area contributed by atoms with Crippen molar-refractivity contribution in [2.75, 3.05) is 38.0 Å². The van der Waals surface area contributed by atoms with Crippen molar-refractivity contribution in [1.29, 1.82) is 0 Å². The molecule has 0 bridgehead atoms. The molecule has 0 aromatic carbocycles. The van der Waals surface area contributed by atoms with Crippen LogP contribution < -0.4 is 10.6 Å². The van der Waals surface area contributed by atoms with E-state index in [-0.39, 0.29) is 0 Å². The number of rotatable bonds is 2. The zero-order valence-electron chi connectivity index (χ0n) is 12.7. The zero-order chi connectivity index (χ0) is 14.5. The molecule has 112 valence electrons. The monoisotopic (exact) mass is 340 g/mol. The van der Waals surface area contributed by atoms with E-state index in [4.69, 9.17) is 0 Å². The Morgan fingerprint density at radius 2 is 1.95 bits per heavy atom. The van der Waals surface area contributed by atoms with E-state index in [1.165, 1.54) is 21.6 Å². The van der Waals surface area contributed by atoms with Crippen LogP contribution in [-0.2, 0) is 13.6 Å². The topological polar surface area (TPSA) is 32.2 Å². The van der Waals surface area contributed by atoms with E-state index in [1.807, 2.05) is 13.8 Å². The van der Waals surface area contributed by atoms with E-state index in [0.29, 0.717) is 0 Å². The Kier molecular flexibility index (Phi) is 5.69. The highest BCUT2D eigenvalue weighted by Gasteiger charge is 2.19. The fraction of sp³-hybridized carbons (Fsp3) is 0.600. The number of hydrogen-bond acceptors (Lipinski definition) is 3. The van der Waals surface area contributed by atoms with Gasteiger partial charge < -0.3 is 15.2 Å². The number of anilines is 1. The van der Waals surface area contributed by atoms with Gasteiger partial charge in [0.2, 0.25) is 0 Å². The minimum Gasteiger partial charge on any atom is -0.367 e. The molecule has 1 aromatic rings. The molecule has 0 spiro atoms. The second-order valence-corrected chi connectivity index (χ2v) is 5.77. The normalized spacial score (nSPS) is 18.5. The Balaban J connectivity index is 0.000000704. The quantitative estimate of drug-likeness (QED) is 0.867. The Hall–Kier alpha value is -0.780. The summed E-state index contributed by atoms with van der Waals surface area (Å²) in [5.41, 5.74) is 2.66. The molecular weight excluding hydrogens is 316 g/mol. The highest BCUT2D eigenvalue weighted by Crippen LogP contribution is 2.34. The summed E-state index contributed by atoms with van der Waals surface area (Å²) in [5.74, 6) is 1.23. The maximum atomic E-state index is 3.64. The van der Waals surface area contributed by atoms with Crippen LogP contribution >= 0.6 is 15.9 Å². The van der Waals surface area contributed by atoms with Crippen LogP contribution in [0.15, 0.2) is 12.1 Å². The number of aromatic nitrogens is 1. The zero-order valence-corrected chi connectivity index (χ0v) is 14.3. The van der Waals surface area contributed by atoms with Crippen molar-refractivity contribution in [2.45, 2.75) is 20.4 Å². The Bertz CT molecular complexity index is 472. The van der Waals surface area contributed by atoms with Gasteiger partial charge in [0.15, 0.2) is 0 Å². The summed E-state index contributed by atoms with van der Waals surface area (Å²) in [5, 5.41) is 6.84. The van der Waals surface area contributed by atoms with E-state index in [9.17, 15) is 0 Å². The Morgan fingerprint density at radius 3 is 2.60 bits per heavy atom. The van der Waals surface area contributed by atoms with E-state index in [2.05, 4.69) is 55.2 Å².